The lowest BCUT2D eigenvalue weighted by atomic mass is 10.1. The van der Waals surface area contributed by atoms with Gasteiger partial charge in [0, 0.05) is 30.3 Å². The first kappa shape index (κ1) is 23.2. The minimum atomic E-state index is -0.620. The molecule has 10 nitrogen and oxygen atoms in total. The Hall–Kier alpha value is -4.08. The molecule has 0 aromatic heterocycles. The summed E-state index contributed by atoms with van der Waals surface area (Å²) in [5.74, 6) is -0.794. The molecule has 10 heteroatoms. The summed E-state index contributed by atoms with van der Waals surface area (Å²) in [6.07, 6.45) is 0. The Kier molecular flexibility index (Phi) is 7.95. The van der Waals surface area contributed by atoms with Crippen LogP contribution in [0.2, 0.25) is 0 Å². The average Bonchev–Trinajstić information content (AvgIpc) is 2.73. The van der Waals surface area contributed by atoms with E-state index in [4.69, 9.17) is 26.4 Å². The van der Waals surface area contributed by atoms with Crippen molar-refractivity contribution in [1.29, 1.82) is 5.41 Å². The maximum absolute atomic E-state index is 12.6. The normalized spacial score (nSPS) is 10.1. The Morgan fingerprint density at radius 2 is 1.74 bits per heavy atom. The molecule has 0 heterocycles. The van der Waals surface area contributed by atoms with E-state index >= 15 is 0 Å². The number of nitrogen functional groups attached to an aromatic ring is 1. The first-order chi connectivity index (χ1) is 14.7. The molecule has 2 aromatic carbocycles. The topological polar surface area (TPSA) is 170 Å². The molecule has 7 N–H and O–H groups in total. The molecule has 2 aromatic rings. The van der Waals surface area contributed by atoms with Gasteiger partial charge in [-0.3, -0.25) is 19.8 Å². The smallest absolute Gasteiger partial charge is 0.257 e. The minimum absolute atomic E-state index is 0.103. The van der Waals surface area contributed by atoms with Gasteiger partial charge in [0.15, 0.2) is 13.2 Å². The summed E-state index contributed by atoms with van der Waals surface area (Å²) in [7, 11) is 1.49. The van der Waals surface area contributed by atoms with Gasteiger partial charge in [-0.25, -0.2) is 0 Å². The van der Waals surface area contributed by atoms with Crippen molar-refractivity contribution >= 4 is 23.6 Å². The highest BCUT2D eigenvalue weighted by Crippen LogP contribution is 2.21. The van der Waals surface area contributed by atoms with Crippen molar-refractivity contribution in [3.05, 3.63) is 58.7 Å². The number of primary amides is 1. The number of hydrogen-bond donors (Lipinski definition) is 5. The van der Waals surface area contributed by atoms with Gasteiger partial charge in [0.05, 0.1) is 0 Å². The molecule has 0 aliphatic heterocycles. The molecular formula is C21H25N5O5. The summed E-state index contributed by atoms with van der Waals surface area (Å²) in [5.41, 5.74) is 12.7. The van der Waals surface area contributed by atoms with Crippen molar-refractivity contribution in [2.75, 3.05) is 20.3 Å². The highest BCUT2D eigenvalue weighted by Gasteiger charge is 2.13. The van der Waals surface area contributed by atoms with Crippen LogP contribution in [0.5, 0.6) is 11.5 Å². The number of rotatable bonds is 10. The Bertz CT molecular complexity index is 1010. The Balaban J connectivity index is 2.15. The van der Waals surface area contributed by atoms with Crippen molar-refractivity contribution in [3.8, 4) is 11.5 Å². The van der Waals surface area contributed by atoms with Crippen molar-refractivity contribution in [3.63, 3.8) is 0 Å². The van der Waals surface area contributed by atoms with Crippen LogP contribution < -0.4 is 31.6 Å². The van der Waals surface area contributed by atoms with Crippen molar-refractivity contribution < 1.29 is 23.9 Å². The van der Waals surface area contributed by atoms with Gasteiger partial charge in [0.2, 0.25) is 0 Å². The maximum Gasteiger partial charge on any atom is 0.257 e. The highest BCUT2D eigenvalue weighted by molar-refractivity contribution is 5.96. The molecule has 0 aliphatic carbocycles. The van der Waals surface area contributed by atoms with Gasteiger partial charge in [-0.2, -0.15) is 0 Å². The molecule has 0 unspecified atom stereocenters. The average molecular weight is 427 g/mol. The molecule has 0 bridgehead atoms. The lowest BCUT2D eigenvalue weighted by molar-refractivity contribution is -0.122. The van der Waals surface area contributed by atoms with E-state index in [9.17, 15) is 14.4 Å². The third-order valence-corrected chi connectivity index (χ3v) is 4.15. The summed E-state index contributed by atoms with van der Waals surface area (Å²) in [6, 6.07) is 9.69. The van der Waals surface area contributed by atoms with E-state index in [-0.39, 0.29) is 37.4 Å². The fourth-order valence-corrected chi connectivity index (χ4v) is 2.61. The van der Waals surface area contributed by atoms with E-state index in [2.05, 4.69) is 10.6 Å². The van der Waals surface area contributed by atoms with Crippen LogP contribution in [-0.2, 0) is 16.1 Å². The van der Waals surface area contributed by atoms with Crippen LogP contribution >= 0.6 is 0 Å². The number of carbonyl (C=O) groups excluding carboxylic acids is 3. The van der Waals surface area contributed by atoms with Gasteiger partial charge in [-0.1, -0.05) is 12.1 Å². The molecule has 3 amide bonds. The fraction of sp³-hybridized carbons (Fsp3) is 0.238. The lowest BCUT2D eigenvalue weighted by Gasteiger charge is -2.14. The van der Waals surface area contributed by atoms with Gasteiger partial charge in [-0.15, -0.1) is 0 Å². The zero-order valence-electron chi connectivity index (χ0n) is 17.3. The third-order valence-electron chi connectivity index (χ3n) is 4.15. The molecule has 2 rings (SSSR count). The second kappa shape index (κ2) is 10.6. The van der Waals surface area contributed by atoms with Crippen LogP contribution in [0, 0.1) is 12.3 Å². The number of amidine groups is 1. The third kappa shape index (κ3) is 7.03. The van der Waals surface area contributed by atoms with Crippen LogP contribution in [0.25, 0.3) is 0 Å². The molecule has 0 radical (unpaired) electrons. The van der Waals surface area contributed by atoms with Crippen molar-refractivity contribution in [2.45, 2.75) is 13.5 Å². The number of nitrogens with one attached hydrogen (secondary N) is 3. The van der Waals surface area contributed by atoms with Crippen LogP contribution in [0.1, 0.15) is 27.0 Å². The predicted molar refractivity (Wildman–Crippen MR) is 114 cm³/mol. The first-order valence-corrected chi connectivity index (χ1v) is 9.31. The zero-order valence-corrected chi connectivity index (χ0v) is 17.3. The lowest BCUT2D eigenvalue weighted by Crippen LogP contribution is -2.26. The number of amides is 3. The zero-order chi connectivity index (χ0) is 23.0. The monoisotopic (exact) mass is 427 g/mol. The van der Waals surface area contributed by atoms with Crippen LogP contribution in [0.15, 0.2) is 36.4 Å². The maximum atomic E-state index is 12.6. The standard InChI is InChI=1S/C21H25N5O5/c1-12-5-15(7-16(6-12)30-10-18(22)27)21(29)26-9-14-4-3-13(20(23)24)8-17(14)31-11-19(28)25-2/h3-8H,9-11H2,1-2H3,(H2,22,27)(H3,23,24)(H,25,28)(H,26,29). The second-order valence-corrected chi connectivity index (χ2v) is 6.67. The Morgan fingerprint density at radius 3 is 2.39 bits per heavy atom. The number of benzene rings is 2. The summed E-state index contributed by atoms with van der Waals surface area (Å²) in [5, 5.41) is 12.8. The van der Waals surface area contributed by atoms with Crippen LogP contribution in [-0.4, -0.2) is 43.8 Å². The second-order valence-electron chi connectivity index (χ2n) is 6.67. The minimum Gasteiger partial charge on any atom is -0.484 e. The van der Waals surface area contributed by atoms with E-state index < -0.39 is 5.91 Å². The largest absolute Gasteiger partial charge is 0.484 e. The van der Waals surface area contributed by atoms with E-state index in [1.807, 2.05) is 0 Å². The number of likely N-dealkylation sites (N-methyl/N-ethyl adjacent to an activating group) is 1. The fourth-order valence-electron chi connectivity index (χ4n) is 2.61. The molecular weight excluding hydrogens is 402 g/mol. The molecule has 0 fully saturated rings. The van der Waals surface area contributed by atoms with Crippen molar-refractivity contribution in [2.24, 2.45) is 11.5 Å². The predicted octanol–water partition coefficient (Wildman–Crippen LogP) is 0.198. The van der Waals surface area contributed by atoms with Gasteiger partial charge in [0.1, 0.15) is 17.3 Å². The number of hydrogen-bond acceptors (Lipinski definition) is 6. The molecule has 0 spiro atoms. The molecule has 0 saturated carbocycles. The highest BCUT2D eigenvalue weighted by atomic mass is 16.5. The van der Waals surface area contributed by atoms with Crippen LogP contribution in [0.3, 0.4) is 0 Å². The molecule has 164 valence electrons. The van der Waals surface area contributed by atoms with E-state index in [1.165, 1.54) is 19.2 Å². The van der Waals surface area contributed by atoms with Crippen LogP contribution in [0.4, 0.5) is 0 Å². The molecule has 0 atom stereocenters. The summed E-state index contributed by atoms with van der Waals surface area (Å²) in [6.45, 7) is 1.38. The van der Waals surface area contributed by atoms with Crippen molar-refractivity contribution in [1.82, 2.24) is 10.6 Å². The van der Waals surface area contributed by atoms with Gasteiger partial charge in [0.25, 0.3) is 17.7 Å². The summed E-state index contributed by atoms with van der Waals surface area (Å²) < 4.78 is 10.8. The number of nitrogens with two attached hydrogens (primary N) is 2. The van der Waals surface area contributed by atoms with E-state index in [1.54, 1.807) is 31.2 Å². The van der Waals surface area contributed by atoms with E-state index in [0.717, 1.165) is 5.56 Å². The van der Waals surface area contributed by atoms with Gasteiger partial charge >= 0.3 is 0 Å². The Labute approximate surface area is 179 Å². The van der Waals surface area contributed by atoms with Gasteiger partial charge in [-0.05, 0) is 36.8 Å². The summed E-state index contributed by atoms with van der Waals surface area (Å²) in [4.78, 5) is 35.1. The summed E-state index contributed by atoms with van der Waals surface area (Å²) >= 11 is 0. The first-order valence-electron chi connectivity index (χ1n) is 9.31. The number of ether oxygens (including phenoxy) is 2. The number of carbonyl (C=O) groups is 3. The molecule has 0 saturated heterocycles. The number of aryl methyl sites for hydroxylation is 1. The van der Waals surface area contributed by atoms with E-state index in [0.29, 0.717) is 28.2 Å². The molecule has 31 heavy (non-hydrogen) atoms. The molecule has 0 aliphatic rings. The quantitative estimate of drug-likeness (QED) is 0.268. The Morgan fingerprint density at radius 1 is 1.00 bits per heavy atom. The SMILES string of the molecule is CNC(=O)COc1cc(C(=N)N)ccc1CNC(=O)c1cc(C)cc(OCC(N)=O)c1. The van der Waals surface area contributed by atoms with Gasteiger partial charge < -0.3 is 31.6 Å².